The molecule has 2 rings (SSSR count). The zero-order valence-electron chi connectivity index (χ0n) is 10.7. The van der Waals surface area contributed by atoms with Crippen LogP contribution in [-0.2, 0) is 20.0 Å². The van der Waals surface area contributed by atoms with E-state index in [2.05, 4.69) is 22.2 Å². The molecule has 17 heavy (non-hydrogen) atoms. The van der Waals surface area contributed by atoms with Crippen LogP contribution >= 0.6 is 11.6 Å². The van der Waals surface area contributed by atoms with Gasteiger partial charge in [-0.2, -0.15) is 5.10 Å². The molecule has 4 nitrogen and oxygen atoms in total. The topological polar surface area (TPSA) is 33.1 Å². The minimum atomic E-state index is 0.854. The maximum absolute atomic E-state index is 6.36. The highest BCUT2D eigenvalue weighted by Gasteiger charge is 2.16. The molecule has 1 aromatic heterocycles. The molecular formula is C12H21ClN4. The van der Waals surface area contributed by atoms with Crippen molar-refractivity contribution in [3.8, 4) is 0 Å². The summed E-state index contributed by atoms with van der Waals surface area (Å²) in [6, 6.07) is 0. The average Bonchev–Trinajstić information content (AvgIpc) is 2.53. The Morgan fingerprint density at radius 1 is 1.35 bits per heavy atom. The van der Waals surface area contributed by atoms with Crippen LogP contribution in [0, 0.1) is 0 Å². The summed E-state index contributed by atoms with van der Waals surface area (Å²) in [6.45, 7) is 7.41. The summed E-state index contributed by atoms with van der Waals surface area (Å²) in [7, 11) is 1.98. The number of rotatable bonds is 3. The van der Waals surface area contributed by atoms with E-state index in [4.69, 9.17) is 11.6 Å². The molecule has 1 saturated heterocycles. The Hall–Kier alpha value is -0.580. The molecule has 0 bridgehead atoms. The normalized spacial score (nSPS) is 18.3. The predicted octanol–water partition coefficient (Wildman–Crippen LogP) is 1.43. The molecule has 1 aliphatic heterocycles. The molecule has 0 amide bonds. The SMILES string of the molecule is CCc1nn(C)c(CN2CCCNCC2)c1Cl. The third-order valence-electron chi connectivity index (χ3n) is 3.31. The number of hydrogen-bond donors (Lipinski definition) is 1. The molecule has 1 fully saturated rings. The molecule has 1 N–H and O–H groups in total. The second-order valence-electron chi connectivity index (χ2n) is 4.56. The number of aryl methyl sites for hydroxylation is 2. The Kier molecular flexibility index (Phi) is 4.42. The second-order valence-corrected chi connectivity index (χ2v) is 4.94. The summed E-state index contributed by atoms with van der Waals surface area (Å²) >= 11 is 6.36. The summed E-state index contributed by atoms with van der Waals surface area (Å²) in [5, 5.41) is 8.73. The standard InChI is InChI=1S/C12H21ClN4/c1-3-10-12(13)11(16(2)15-10)9-17-7-4-5-14-6-8-17/h14H,3-9H2,1-2H3. The molecule has 0 radical (unpaired) electrons. The lowest BCUT2D eigenvalue weighted by Gasteiger charge is -2.19. The largest absolute Gasteiger partial charge is 0.315 e. The van der Waals surface area contributed by atoms with Crippen LogP contribution in [0.1, 0.15) is 24.7 Å². The van der Waals surface area contributed by atoms with E-state index in [-0.39, 0.29) is 0 Å². The summed E-state index contributed by atoms with van der Waals surface area (Å²) in [5.41, 5.74) is 2.16. The van der Waals surface area contributed by atoms with Gasteiger partial charge < -0.3 is 5.32 Å². The third-order valence-corrected chi connectivity index (χ3v) is 3.75. The van der Waals surface area contributed by atoms with E-state index in [1.807, 2.05) is 11.7 Å². The minimum absolute atomic E-state index is 0.854. The monoisotopic (exact) mass is 256 g/mol. The van der Waals surface area contributed by atoms with Crippen molar-refractivity contribution in [2.45, 2.75) is 26.3 Å². The number of hydrogen-bond acceptors (Lipinski definition) is 3. The lowest BCUT2D eigenvalue weighted by Crippen LogP contribution is -2.28. The quantitative estimate of drug-likeness (QED) is 0.888. The van der Waals surface area contributed by atoms with Gasteiger partial charge in [0, 0.05) is 26.7 Å². The van der Waals surface area contributed by atoms with E-state index in [1.54, 1.807) is 0 Å². The van der Waals surface area contributed by atoms with E-state index in [9.17, 15) is 0 Å². The molecule has 0 saturated carbocycles. The summed E-state index contributed by atoms with van der Waals surface area (Å²) < 4.78 is 1.93. The molecule has 5 heteroatoms. The summed E-state index contributed by atoms with van der Waals surface area (Å²) in [6.07, 6.45) is 2.10. The fraction of sp³-hybridized carbons (Fsp3) is 0.750. The van der Waals surface area contributed by atoms with Crippen LogP contribution in [0.3, 0.4) is 0 Å². The van der Waals surface area contributed by atoms with Gasteiger partial charge in [-0.3, -0.25) is 9.58 Å². The highest BCUT2D eigenvalue weighted by Crippen LogP contribution is 2.22. The van der Waals surface area contributed by atoms with Gasteiger partial charge in [0.05, 0.1) is 16.4 Å². The van der Waals surface area contributed by atoms with Crippen LogP contribution < -0.4 is 5.32 Å². The lowest BCUT2D eigenvalue weighted by atomic mass is 10.3. The first kappa shape index (κ1) is 12.9. The summed E-state index contributed by atoms with van der Waals surface area (Å²) in [5.74, 6) is 0. The van der Waals surface area contributed by atoms with E-state index in [1.165, 1.54) is 6.42 Å². The van der Waals surface area contributed by atoms with Gasteiger partial charge >= 0.3 is 0 Å². The Morgan fingerprint density at radius 3 is 2.88 bits per heavy atom. The van der Waals surface area contributed by atoms with Gasteiger partial charge in [-0.15, -0.1) is 0 Å². The Bertz CT molecular complexity index is 367. The minimum Gasteiger partial charge on any atom is -0.315 e. The molecule has 1 aliphatic rings. The van der Waals surface area contributed by atoms with Crippen molar-refractivity contribution >= 4 is 11.6 Å². The molecule has 0 aromatic carbocycles. The van der Waals surface area contributed by atoms with Crippen LogP contribution in [0.2, 0.25) is 5.02 Å². The molecule has 1 aromatic rings. The van der Waals surface area contributed by atoms with Crippen molar-refractivity contribution in [2.75, 3.05) is 26.2 Å². The first-order chi connectivity index (χ1) is 8.22. The van der Waals surface area contributed by atoms with Gasteiger partial charge in [-0.05, 0) is 25.9 Å². The van der Waals surface area contributed by atoms with Gasteiger partial charge in [0.25, 0.3) is 0 Å². The second kappa shape index (κ2) is 5.85. The van der Waals surface area contributed by atoms with Gasteiger partial charge in [-0.1, -0.05) is 18.5 Å². The fourth-order valence-electron chi connectivity index (χ4n) is 2.26. The first-order valence-corrected chi connectivity index (χ1v) is 6.73. The van der Waals surface area contributed by atoms with Crippen molar-refractivity contribution in [1.82, 2.24) is 20.0 Å². The zero-order valence-corrected chi connectivity index (χ0v) is 11.4. The van der Waals surface area contributed by atoms with Crippen molar-refractivity contribution in [1.29, 1.82) is 0 Å². The Morgan fingerprint density at radius 2 is 2.18 bits per heavy atom. The van der Waals surface area contributed by atoms with E-state index in [0.29, 0.717) is 0 Å². The molecule has 2 heterocycles. The van der Waals surface area contributed by atoms with Crippen LogP contribution in [-0.4, -0.2) is 40.9 Å². The zero-order chi connectivity index (χ0) is 12.3. The highest BCUT2D eigenvalue weighted by molar-refractivity contribution is 6.31. The number of nitrogens with one attached hydrogen (secondary N) is 1. The predicted molar refractivity (Wildman–Crippen MR) is 70.4 cm³/mol. The average molecular weight is 257 g/mol. The Labute approximate surface area is 108 Å². The van der Waals surface area contributed by atoms with Crippen molar-refractivity contribution < 1.29 is 0 Å². The van der Waals surface area contributed by atoms with Crippen molar-refractivity contribution in [2.24, 2.45) is 7.05 Å². The molecule has 0 unspecified atom stereocenters. The van der Waals surface area contributed by atoms with Crippen molar-refractivity contribution in [3.05, 3.63) is 16.4 Å². The maximum atomic E-state index is 6.36. The molecule has 0 atom stereocenters. The molecular weight excluding hydrogens is 236 g/mol. The highest BCUT2D eigenvalue weighted by atomic mass is 35.5. The van der Waals surface area contributed by atoms with Gasteiger partial charge in [0.2, 0.25) is 0 Å². The van der Waals surface area contributed by atoms with E-state index in [0.717, 1.165) is 55.6 Å². The molecule has 0 spiro atoms. The first-order valence-electron chi connectivity index (χ1n) is 6.35. The lowest BCUT2D eigenvalue weighted by molar-refractivity contribution is 0.277. The molecule has 0 aliphatic carbocycles. The fourth-order valence-corrected chi connectivity index (χ4v) is 2.62. The van der Waals surface area contributed by atoms with Crippen LogP contribution in [0.4, 0.5) is 0 Å². The number of aromatic nitrogens is 2. The smallest absolute Gasteiger partial charge is 0.0863 e. The van der Waals surface area contributed by atoms with E-state index < -0.39 is 0 Å². The number of nitrogens with zero attached hydrogens (tertiary/aromatic N) is 3. The van der Waals surface area contributed by atoms with E-state index >= 15 is 0 Å². The van der Waals surface area contributed by atoms with Gasteiger partial charge in [0.15, 0.2) is 0 Å². The number of halogens is 1. The van der Waals surface area contributed by atoms with Gasteiger partial charge in [0.1, 0.15) is 0 Å². The Balaban J connectivity index is 2.09. The van der Waals surface area contributed by atoms with Crippen LogP contribution in [0.5, 0.6) is 0 Å². The summed E-state index contributed by atoms with van der Waals surface area (Å²) in [4.78, 5) is 2.45. The van der Waals surface area contributed by atoms with Crippen LogP contribution in [0.15, 0.2) is 0 Å². The van der Waals surface area contributed by atoms with Gasteiger partial charge in [-0.25, -0.2) is 0 Å². The third kappa shape index (κ3) is 3.00. The maximum Gasteiger partial charge on any atom is 0.0863 e. The van der Waals surface area contributed by atoms with Crippen molar-refractivity contribution in [3.63, 3.8) is 0 Å². The molecule has 96 valence electrons. The van der Waals surface area contributed by atoms with Crippen LogP contribution in [0.25, 0.3) is 0 Å².